The number of hydrogen-bond acceptors (Lipinski definition) is 7. The Morgan fingerprint density at radius 1 is 1.29 bits per heavy atom. The molecule has 3 aromatic rings. The molecule has 108 valence electrons. The van der Waals surface area contributed by atoms with Gasteiger partial charge in [-0.25, -0.2) is 4.98 Å². The number of nitrogens with zero attached hydrogens (tertiary/aromatic N) is 3. The molecule has 0 aliphatic carbocycles. The van der Waals surface area contributed by atoms with Crippen molar-refractivity contribution in [3.63, 3.8) is 0 Å². The van der Waals surface area contributed by atoms with E-state index >= 15 is 0 Å². The fraction of sp³-hybridized carbons (Fsp3) is 0.214. The molecule has 0 bridgehead atoms. The molecular weight excluding hydrogens is 302 g/mol. The molecule has 3 aromatic heterocycles. The van der Waals surface area contributed by atoms with Crippen LogP contribution in [-0.4, -0.2) is 20.9 Å². The molecule has 21 heavy (non-hydrogen) atoms. The van der Waals surface area contributed by atoms with Crippen molar-refractivity contribution < 1.29 is 0 Å². The lowest BCUT2D eigenvalue weighted by Gasteiger charge is -2.05. The number of nitrogen functional groups attached to an aromatic ring is 1. The van der Waals surface area contributed by atoms with Crippen molar-refractivity contribution in [2.24, 2.45) is 0 Å². The largest absolute Gasteiger partial charge is 0.382 e. The second-order valence-electron chi connectivity index (χ2n) is 4.60. The highest BCUT2D eigenvalue weighted by Gasteiger charge is 2.16. The van der Waals surface area contributed by atoms with Crippen LogP contribution in [0.15, 0.2) is 29.9 Å². The van der Waals surface area contributed by atoms with Crippen LogP contribution in [-0.2, 0) is 6.42 Å². The highest BCUT2D eigenvalue weighted by Crippen LogP contribution is 2.38. The quantitative estimate of drug-likeness (QED) is 0.755. The number of anilines is 2. The van der Waals surface area contributed by atoms with Crippen molar-refractivity contribution in [2.45, 2.75) is 13.3 Å². The van der Waals surface area contributed by atoms with Crippen LogP contribution in [0.5, 0.6) is 0 Å². The number of nitrogens with two attached hydrogens (primary N) is 1. The standard InChI is InChI=1S/C14H15N5S2/c1-9-8-20-14(18-9)11-12(15)19-21-13(11)17-7-4-10-2-5-16-6-3-10/h2-3,5-6,8,17H,4,7H2,1H3,(H2,15,19). The SMILES string of the molecule is Cc1csc(-c2c(N)nsc2NCCc2ccncc2)n1. The molecule has 0 spiro atoms. The third kappa shape index (κ3) is 3.20. The van der Waals surface area contributed by atoms with E-state index in [4.69, 9.17) is 5.73 Å². The lowest BCUT2D eigenvalue weighted by atomic mass is 10.2. The van der Waals surface area contributed by atoms with Crippen molar-refractivity contribution in [3.8, 4) is 10.6 Å². The van der Waals surface area contributed by atoms with E-state index in [1.807, 2.05) is 36.8 Å². The minimum absolute atomic E-state index is 0.542. The van der Waals surface area contributed by atoms with Crippen molar-refractivity contribution >= 4 is 33.7 Å². The Morgan fingerprint density at radius 2 is 2.10 bits per heavy atom. The first-order chi connectivity index (χ1) is 10.2. The summed E-state index contributed by atoms with van der Waals surface area (Å²) in [6.07, 6.45) is 4.55. The van der Waals surface area contributed by atoms with Gasteiger partial charge in [-0.1, -0.05) is 0 Å². The number of rotatable bonds is 5. The van der Waals surface area contributed by atoms with Gasteiger partial charge in [-0.15, -0.1) is 11.3 Å². The minimum Gasteiger partial charge on any atom is -0.382 e. The summed E-state index contributed by atoms with van der Waals surface area (Å²) >= 11 is 2.98. The Morgan fingerprint density at radius 3 is 2.81 bits per heavy atom. The van der Waals surface area contributed by atoms with Gasteiger partial charge in [0.05, 0.1) is 5.56 Å². The second-order valence-corrected chi connectivity index (χ2v) is 6.23. The first kappa shape index (κ1) is 14.0. The van der Waals surface area contributed by atoms with Crippen molar-refractivity contribution in [2.75, 3.05) is 17.6 Å². The zero-order valence-electron chi connectivity index (χ0n) is 11.5. The molecule has 0 saturated heterocycles. The number of aryl methyl sites for hydroxylation is 1. The van der Waals surface area contributed by atoms with Crippen LogP contribution >= 0.6 is 22.9 Å². The van der Waals surface area contributed by atoms with Gasteiger partial charge in [0, 0.05) is 30.0 Å². The smallest absolute Gasteiger partial charge is 0.149 e. The topological polar surface area (TPSA) is 76.7 Å². The Kier molecular flexibility index (Phi) is 4.12. The van der Waals surface area contributed by atoms with E-state index in [9.17, 15) is 0 Å². The number of nitrogens with one attached hydrogen (secondary N) is 1. The predicted molar refractivity (Wildman–Crippen MR) is 88.8 cm³/mol. The molecule has 0 aromatic carbocycles. The van der Waals surface area contributed by atoms with Gasteiger partial charge in [0.15, 0.2) is 0 Å². The van der Waals surface area contributed by atoms with Gasteiger partial charge in [0.2, 0.25) is 0 Å². The molecule has 0 atom stereocenters. The maximum atomic E-state index is 5.98. The van der Waals surface area contributed by atoms with Gasteiger partial charge in [-0.2, -0.15) is 4.37 Å². The molecule has 3 N–H and O–H groups in total. The summed E-state index contributed by atoms with van der Waals surface area (Å²) in [5.74, 6) is 0.542. The van der Waals surface area contributed by atoms with Crippen LogP contribution in [0.1, 0.15) is 11.3 Å². The van der Waals surface area contributed by atoms with E-state index < -0.39 is 0 Å². The Bertz CT molecular complexity index is 720. The Hall–Kier alpha value is -1.99. The predicted octanol–water partition coefficient (Wildman–Crippen LogP) is 3.21. The summed E-state index contributed by atoms with van der Waals surface area (Å²) in [6, 6.07) is 4.04. The van der Waals surface area contributed by atoms with Gasteiger partial charge in [0.1, 0.15) is 15.8 Å². The highest BCUT2D eigenvalue weighted by atomic mass is 32.1. The third-order valence-electron chi connectivity index (χ3n) is 3.00. The monoisotopic (exact) mass is 317 g/mol. The molecule has 0 amide bonds. The average Bonchev–Trinajstić information content (AvgIpc) is 3.06. The summed E-state index contributed by atoms with van der Waals surface area (Å²) in [5, 5.41) is 7.34. The number of aromatic nitrogens is 3. The molecule has 3 heterocycles. The lowest BCUT2D eigenvalue weighted by molar-refractivity contribution is 1.02. The normalized spacial score (nSPS) is 10.7. The summed E-state index contributed by atoms with van der Waals surface area (Å²) in [7, 11) is 0. The van der Waals surface area contributed by atoms with Gasteiger partial charge >= 0.3 is 0 Å². The summed E-state index contributed by atoms with van der Waals surface area (Å²) in [4.78, 5) is 8.52. The van der Waals surface area contributed by atoms with Crippen LogP contribution in [0.4, 0.5) is 10.8 Å². The van der Waals surface area contributed by atoms with Crippen molar-refractivity contribution in [1.82, 2.24) is 14.3 Å². The summed E-state index contributed by atoms with van der Waals surface area (Å²) < 4.78 is 4.24. The van der Waals surface area contributed by atoms with Gasteiger partial charge in [0.25, 0.3) is 0 Å². The van der Waals surface area contributed by atoms with Crippen LogP contribution in [0.2, 0.25) is 0 Å². The zero-order chi connectivity index (χ0) is 14.7. The fourth-order valence-electron chi connectivity index (χ4n) is 1.97. The molecule has 0 fully saturated rings. The molecule has 7 heteroatoms. The van der Waals surface area contributed by atoms with E-state index in [2.05, 4.69) is 19.7 Å². The van der Waals surface area contributed by atoms with Crippen LogP contribution in [0.3, 0.4) is 0 Å². The van der Waals surface area contributed by atoms with Crippen molar-refractivity contribution in [1.29, 1.82) is 0 Å². The molecule has 0 aliphatic rings. The molecule has 3 rings (SSSR count). The molecule has 0 radical (unpaired) electrons. The first-order valence-electron chi connectivity index (χ1n) is 6.54. The molecule has 0 unspecified atom stereocenters. The maximum absolute atomic E-state index is 5.98. The molecule has 5 nitrogen and oxygen atoms in total. The summed E-state index contributed by atoms with van der Waals surface area (Å²) in [5.41, 5.74) is 9.16. The second kappa shape index (κ2) is 6.19. The van der Waals surface area contributed by atoms with E-state index in [-0.39, 0.29) is 0 Å². The molecule has 0 aliphatic heterocycles. The minimum atomic E-state index is 0.542. The van der Waals surface area contributed by atoms with Crippen LogP contribution in [0.25, 0.3) is 10.6 Å². The van der Waals surface area contributed by atoms with Gasteiger partial charge in [-0.05, 0) is 42.6 Å². The maximum Gasteiger partial charge on any atom is 0.149 e. The van der Waals surface area contributed by atoms with Crippen LogP contribution in [0, 0.1) is 6.92 Å². The van der Waals surface area contributed by atoms with E-state index in [0.29, 0.717) is 5.82 Å². The van der Waals surface area contributed by atoms with E-state index in [1.54, 1.807) is 11.3 Å². The highest BCUT2D eigenvalue weighted by molar-refractivity contribution is 7.15. The Labute approximate surface area is 131 Å². The third-order valence-corrected chi connectivity index (χ3v) is 4.80. The van der Waals surface area contributed by atoms with Crippen molar-refractivity contribution in [3.05, 3.63) is 41.2 Å². The van der Waals surface area contributed by atoms with E-state index in [0.717, 1.165) is 34.2 Å². The first-order valence-corrected chi connectivity index (χ1v) is 8.20. The lowest BCUT2D eigenvalue weighted by Crippen LogP contribution is -2.04. The number of pyridine rings is 1. The average molecular weight is 317 g/mol. The fourth-order valence-corrected chi connectivity index (χ4v) is 3.63. The summed E-state index contributed by atoms with van der Waals surface area (Å²) in [6.45, 7) is 2.80. The Balaban J connectivity index is 1.72. The van der Waals surface area contributed by atoms with Crippen LogP contribution < -0.4 is 11.1 Å². The molecule has 0 saturated carbocycles. The van der Waals surface area contributed by atoms with Gasteiger partial charge in [-0.3, -0.25) is 4.98 Å². The number of hydrogen-bond donors (Lipinski definition) is 2. The zero-order valence-corrected chi connectivity index (χ0v) is 13.2. The number of thiazole rings is 1. The van der Waals surface area contributed by atoms with E-state index in [1.165, 1.54) is 17.1 Å². The molecular formula is C14H15N5S2. The van der Waals surface area contributed by atoms with Gasteiger partial charge < -0.3 is 11.1 Å².